The molecule has 0 aliphatic carbocycles. The predicted molar refractivity (Wildman–Crippen MR) is 125 cm³/mol. The third-order valence-electron chi connectivity index (χ3n) is 5.12. The van der Waals surface area contributed by atoms with Crippen molar-refractivity contribution < 1.29 is 13.9 Å². The van der Waals surface area contributed by atoms with Gasteiger partial charge in [-0.05, 0) is 44.0 Å². The van der Waals surface area contributed by atoms with Gasteiger partial charge in [0.1, 0.15) is 17.0 Å². The topological polar surface area (TPSA) is 55.3 Å². The molecule has 5 nitrogen and oxygen atoms in total. The van der Waals surface area contributed by atoms with Crippen LogP contribution in [0.15, 0.2) is 66.3 Å². The Balaban J connectivity index is 1.58. The molecule has 4 aromatic rings. The molecule has 0 aliphatic heterocycles. The zero-order valence-corrected chi connectivity index (χ0v) is 19.0. The molecule has 0 saturated carbocycles. The molecule has 4 rings (SSSR count). The van der Waals surface area contributed by atoms with E-state index >= 15 is 0 Å². The van der Waals surface area contributed by atoms with Gasteiger partial charge in [-0.2, -0.15) is 0 Å². The summed E-state index contributed by atoms with van der Waals surface area (Å²) in [4.78, 5) is 24.3. The summed E-state index contributed by atoms with van der Waals surface area (Å²) in [6, 6.07) is 16.1. The first-order valence-corrected chi connectivity index (χ1v) is 11.2. The smallest absolute Gasteiger partial charge is 0.261 e. The maximum Gasteiger partial charge on any atom is 0.261 e. The third-order valence-corrected chi connectivity index (χ3v) is 6.00. The Morgan fingerprint density at radius 3 is 2.47 bits per heavy atom. The lowest BCUT2D eigenvalue weighted by Crippen LogP contribution is -2.47. The van der Waals surface area contributed by atoms with Crippen molar-refractivity contribution >= 4 is 27.5 Å². The van der Waals surface area contributed by atoms with E-state index in [4.69, 9.17) is 4.74 Å². The lowest BCUT2D eigenvalue weighted by Gasteiger charge is -2.35. The lowest BCUT2D eigenvalue weighted by atomic mass is 10.0. The van der Waals surface area contributed by atoms with Crippen molar-refractivity contribution in [2.45, 2.75) is 32.9 Å². The first kappa shape index (κ1) is 21.9. The second-order valence-electron chi connectivity index (χ2n) is 8.44. The largest absolute Gasteiger partial charge is 0.467 e. The molecule has 164 valence electrons. The highest BCUT2D eigenvalue weighted by atomic mass is 32.1. The molecule has 0 spiro atoms. The molecule has 0 radical (unpaired) electrons. The minimum absolute atomic E-state index is 0.133. The van der Waals surface area contributed by atoms with Crippen LogP contribution in [0.4, 0.5) is 4.39 Å². The molecular weight excluding hydrogens is 425 g/mol. The van der Waals surface area contributed by atoms with Crippen molar-refractivity contribution in [3.8, 4) is 17.0 Å². The Morgan fingerprint density at radius 2 is 1.78 bits per heavy atom. The third kappa shape index (κ3) is 4.78. The molecule has 2 aromatic carbocycles. The van der Waals surface area contributed by atoms with Crippen LogP contribution in [0.2, 0.25) is 0 Å². The van der Waals surface area contributed by atoms with Gasteiger partial charge in [-0.25, -0.2) is 14.4 Å². The standard InChI is InChI=1S/C25H24FN3O2S/c1-25(2,3)29(13-17-7-5-4-6-8-17)21(30)14-31-23-22-20(15-32-24(22)28-16-27-23)18-9-11-19(26)12-10-18/h4-12,15-16H,13-14H2,1-3H3. The molecule has 0 N–H and O–H groups in total. The summed E-state index contributed by atoms with van der Waals surface area (Å²) in [5.41, 5.74) is 2.37. The van der Waals surface area contributed by atoms with Crippen LogP contribution in [0.1, 0.15) is 26.3 Å². The molecular formula is C25H24FN3O2S. The Bertz CT molecular complexity index is 1220. The molecule has 0 saturated heterocycles. The van der Waals surface area contributed by atoms with E-state index < -0.39 is 0 Å². The summed E-state index contributed by atoms with van der Waals surface area (Å²) < 4.78 is 19.3. The van der Waals surface area contributed by atoms with Crippen LogP contribution >= 0.6 is 11.3 Å². The van der Waals surface area contributed by atoms with Crippen molar-refractivity contribution in [3.05, 3.63) is 77.7 Å². The van der Waals surface area contributed by atoms with Gasteiger partial charge in [0.15, 0.2) is 6.61 Å². The zero-order valence-electron chi connectivity index (χ0n) is 18.2. The summed E-state index contributed by atoms with van der Waals surface area (Å²) in [6.45, 7) is 6.35. The molecule has 0 fully saturated rings. The number of ether oxygens (including phenoxy) is 1. The van der Waals surface area contributed by atoms with Crippen molar-refractivity contribution in [3.63, 3.8) is 0 Å². The fraction of sp³-hybridized carbons (Fsp3) is 0.240. The van der Waals surface area contributed by atoms with Gasteiger partial charge in [0, 0.05) is 23.0 Å². The van der Waals surface area contributed by atoms with E-state index in [2.05, 4.69) is 9.97 Å². The maximum absolute atomic E-state index is 13.4. The number of hydrogen-bond donors (Lipinski definition) is 0. The number of carbonyl (C=O) groups is 1. The van der Waals surface area contributed by atoms with Crippen molar-refractivity contribution in [2.75, 3.05) is 6.61 Å². The van der Waals surface area contributed by atoms with E-state index in [1.807, 2.05) is 56.5 Å². The van der Waals surface area contributed by atoms with Crippen LogP contribution in [0.5, 0.6) is 5.88 Å². The van der Waals surface area contributed by atoms with E-state index in [1.165, 1.54) is 29.8 Å². The van der Waals surface area contributed by atoms with Crippen molar-refractivity contribution in [1.82, 2.24) is 14.9 Å². The van der Waals surface area contributed by atoms with Crippen LogP contribution < -0.4 is 4.74 Å². The Hall–Kier alpha value is -3.32. The first-order chi connectivity index (χ1) is 15.3. The Labute approximate surface area is 190 Å². The molecule has 0 bridgehead atoms. The minimum atomic E-state index is -0.376. The number of amides is 1. The second-order valence-corrected chi connectivity index (χ2v) is 9.30. The van der Waals surface area contributed by atoms with Crippen LogP contribution in [-0.2, 0) is 11.3 Å². The molecule has 0 aliphatic rings. The number of carbonyl (C=O) groups excluding carboxylic acids is 1. The highest BCUT2D eigenvalue weighted by molar-refractivity contribution is 7.17. The summed E-state index contributed by atoms with van der Waals surface area (Å²) in [6.07, 6.45) is 1.43. The monoisotopic (exact) mass is 449 g/mol. The number of halogens is 1. The highest BCUT2D eigenvalue weighted by Crippen LogP contribution is 2.37. The zero-order chi connectivity index (χ0) is 22.7. The molecule has 2 heterocycles. The number of aromatic nitrogens is 2. The molecule has 1 amide bonds. The van der Waals surface area contributed by atoms with Crippen LogP contribution in [0.25, 0.3) is 21.3 Å². The minimum Gasteiger partial charge on any atom is -0.467 e. The van der Waals surface area contributed by atoms with Gasteiger partial charge in [0.2, 0.25) is 5.88 Å². The fourth-order valence-electron chi connectivity index (χ4n) is 3.47. The molecule has 2 aromatic heterocycles. The number of rotatable bonds is 6. The average Bonchev–Trinajstić information content (AvgIpc) is 3.21. The maximum atomic E-state index is 13.4. The highest BCUT2D eigenvalue weighted by Gasteiger charge is 2.27. The van der Waals surface area contributed by atoms with E-state index in [9.17, 15) is 9.18 Å². The molecule has 7 heteroatoms. The Kier molecular flexibility index (Phi) is 6.19. The number of thiophene rings is 1. The number of fused-ring (bicyclic) bond motifs is 1. The van der Waals surface area contributed by atoms with Gasteiger partial charge < -0.3 is 9.64 Å². The lowest BCUT2D eigenvalue weighted by molar-refractivity contribution is -0.139. The average molecular weight is 450 g/mol. The summed E-state index contributed by atoms with van der Waals surface area (Å²) in [5.74, 6) is -0.0866. The molecule has 0 unspecified atom stereocenters. The van der Waals surface area contributed by atoms with E-state index in [0.717, 1.165) is 26.9 Å². The number of nitrogens with zero attached hydrogens (tertiary/aromatic N) is 3. The van der Waals surface area contributed by atoms with Crippen LogP contribution in [0.3, 0.4) is 0 Å². The molecule has 0 atom stereocenters. The quantitative estimate of drug-likeness (QED) is 0.379. The van der Waals surface area contributed by atoms with Crippen LogP contribution in [0, 0.1) is 5.82 Å². The Morgan fingerprint density at radius 1 is 1.06 bits per heavy atom. The van der Waals surface area contributed by atoms with Gasteiger partial charge in [0.05, 0.1) is 5.39 Å². The summed E-state index contributed by atoms with van der Waals surface area (Å²) in [5, 5.41) is 2.67. The summed E-state index contributed by atoms with van der Waals surface area (Å²) in [7, 11) is 0. The van der Waals surface area contributed by atoms with E-state index in [0.29, 0.717) is 12.4 Å². The van der Waals surface area contributed by atoms with Gasteiger partial charge in [-0.15, -0.1) is 11.3 Å². The number of hydrogen-bond acceptors (Lipinski definition) is 5. The van der Waals surface area contributed by atoms with Gasteiger partial charge in [-0.3, -0.25) is 4.79 Å². The molecule has 32 heavy (non-hydrogen) atoms. The fourth-order valence-corrected chi connectivity index (χ4v) is 4.38. The first-order valence-electron chi connectivity index (χ1n) is 10.3. The SMILES string of the molecule is CC(C)(C)N(Cc1ccccc1)C(=O)COc1ncnc2scc(-c3ccc(F)cc3)c12. The normalized spacial score (nSPS) is 11.5. The van der Waals surface area contributed by atoms with E-state index in [1.54, 1.807) is 17.0 Å². The van der Waals surface area contributed by atoms with Crippen molar-refractivity contribution in [2.24, 2.45) is 0 Å². The second kappa shape index (κ2) is 9.04. The van der Waals surface area contributed by atoms with Gasteiger partial charge in [-0.1, -0.05) is 42.5 Å². The van der Waals surface area contributed by atoms with Crippen molar-refractivity contribution in [1.29, 1.82) is 0 Å². The van der Waals surface area contributed by atoms with Gasteiger partial charge >= 0.3 is 0 Å². The van der Waals surface area contributed by atoms with Gasteiger partial charge in [0.25, 0.3) is 5.91 Å². The van der Waals surface area contributed by atoms with Crippen LogP contribution in [-0.4, -0.2) is 32.9 Å². The predicted octanol–water partition coefficient (Wildman–Crippen LogP) is 5.70. The van der Waals surface area contributed by atoms with E-state index in [-0.39, 0.29) is 23.9 Å². The number of benzene rings is 2. The summed E-state index contributed by atoms with van der Waals surface area (Å²) >= 11 is 1.45.